The standard InChI is InChI=1S/C61H40N2/c1-4-14-40(15-5-1)41-26-31-47(32-27-41)63(49-35-36-51-50-22-10-11-25-55(50)61(56(51)39-49,45-18-6-2-7-19-45)46-20-8-3-9-21-46)48-33-28-42(29-34-48)44-30-37-57-54(38-44)59-52-23-12-16-43-17-13-24-53(58(43)52)60(59)62-57/h1-39,62H. The molecule has 1 N–H and O–H groups in total. The van der Waals surface area contributed by atoms with E-state index in [-0.39, 0.29) is 0 Å². The second kappa shape index (κ2) is 13.9. The van der Waals surface area contributed by atoms with Gasteiger partial charge in [0, 0.05) is 39.1 Å². The van der Waals surface area contributed by atoms with Crippen LogP contribution in [0.15, 0.2) is 237 Å². The Balaban J connectivity index is 0.962. The molecule has 0 unspecified atom stereocenters. The molecule has 0 radical (unpaired) electrons. The molecule has 2 heteroatoms. The van der Waals surface area contributed by atoms with Gasteiger partial charge in [-0.3, -0.25) is 0 Å². The van der Waals surface area contributed by atoms with Crippen molar-refractivity contribution in [2.45, 2.75) is 5.41 Å². The van der Waals surface area contributed by atoms with Crippen LogP contribution in [0.25, 0.3) is 77.4 Å². The first-order valence-electron chi connectivity index (χ1n) is 21.8. The van der Waals surface area contributed by atoms with Crippen LogP contribution in [0.4, 0.5) is 17.1 Å². The summed E-state index contributed by atoms with van der Waals surface area (Å²) in [5.41, 5.74) is 21.5. The number of rotatable bonds is 7. The molecule has 11 aromatic rings. The average molecular weight is 801 g/mol. The Labute approximate surface area is 367 Å². The minimum Gasteiger partial charge on any atom is -0.354 e. The van der Waals surface area contributed by atoms with Crippen molar-refractivity contribution >= 4 is 38.7 Å². The van der Waals surface area contributed by atoms with Gasteiger partial charge in [0.25, 0.3) is 0 Å². The van der Waals surface area contributed by atoms with Crippen molar-refractivity contribution in [3.05, 3.63) is 259 Å². The van der Waals surface area contributed by atoms with Crippen LogP contribution in [0.2, 0.25) is 0 Å². The molecule has 1 heterocycles. The van der Waals surface area contributed by atoms with E-state index >= 15 is 0 Å². The highest BCUT2D eigenvalue weighted by atomic mass is 15.1. The lowest BCUT2D eigenvalue weighted by Gasteiger charge is -2.35. The van der Waals surface area contributed by atoms with Crippen molar-refractivity contribution < 1.29 is 0 Å². The number of hydrogen-bond acceptors (Lipinski definition) is 1. The van der Waals surface area contributed by atoms with Gasteiger partial charge in [0.2, 0.25) is 0 Å². The maximum atomic E-state index is 3.78. The molecule has 1 aromatic heterocycles. The molecule has 0 spiro atoms. The van der Waals surface area contributed by atoms with Gasteiger partial charge in [-0.2, -0.15) is 0 Å². The maximum absolute atomic E-state index is 3.78. The first-order valence-corrected chi connectivity index (χ1v) is 21.8. The van der Waals surface area contributed by atoms with Crippen molar-refractivity contribution in [3.8, 4) is 55.8 Å². The van der Waals surface area contributed by atoms with Gasteiger partial charge in [-0.15, -0.1) is 0 Å². The molecule has 2 aliphatic carbocycles. The molecular weight excluding hydrogens is 761 g/mol. The Bertz CT molecular complexity index is 3490. The molecule has 0 aliphatic heterocycles. The van der Waals surface area contributed by atoms with Gasteiger partial charge >= 0.3 is 0 Å². The van der Waals surface area contributed by atoms with E-state index in [0.29, 0.717) is 0 Å². The fourth-order valence-electron chi connectivity index (χ4n) is 10.9. The van der Waals surface area contributed by atoms with Gasteiger partial charge in [0.1, 0.15) is 0 Å². The van der Waals surface area contributed by atoms with Gasteiger partial charge in [-0.1, -0.05) is 188 Å². The quantitative estimate of drug-likeness (QED) is 0.170. The predicted octanol–water partition coefficient (Wildman–Crippen LogP) is 16.1. The molecule has 2 nitrogen and oxygen atoms in total. The predicted molar refractivity (Wildman–Crippen MR) is 263 cm³/mol. The van der Waals surface area contributed by atoms with Crippen LogP contribution >= 0.6 is 0 Å². The molecule has 13 rings (SSSR count). The van der Waals surface area contributed by atoms with Crippen molar-refractivity contribution in [3.63, 3.8) is 0 Å². The maximum Gasteiger partial charge on any atom is 0.0714 e. The second-order valence-electron chi connectivity index (χ2n) is 16.9. The zero-order valence-electron chi connectivity index (χ0n) is 34.5. The molecule has 2 aliphatic rings. The molecule has 63 heavy (non-hydrogen) atoms. The lowest BCUT2D eigenvalue weighted by atomic mass is 9.67. The highest BCUT2D eigenvalue weighted by Gasteiger charge is 2.46. The molecular formula is C61H40N2. The number of fused-ring (bicyclic) bond motifs is 8. The van der Waals surface area contributed by atoms with Gasteiger partial charge in [-0.05, 0) is 121 Å². The van der Waals surface area contributed by atoms with Crippen molar-refractivity contribution in [1.82, 2.24) is 4.98 Å². The van der Waals surface area contributed by atoms with Crippen LogP contribution in [0.3, 0.4) is 0 Å². The number of benzene rings is 10. The van der Waals surface area contributed by atoms with Crippen LogP contribution < -0.4 is 4.90 Å². The third kappa shape index (κ3) is 5.32. The minimum atomic E-state index is -0.499. The zero-order chi connectivity index (χ0) is 41.5. The fourth-order valence-corrected chi connectivity index (χ4v) is 10.9. The summed E-state index contributed by atoms with van der Waals surface area (Å²) in [6.07, 6.45) is 0. The Morgan fingerprint density at radius 1 is 0.349 bits per heavy atom. The van der Waals surface area contributed by atoms with Crippen molar-refractivity contribution in [2.75, 3.05) is 4.90 Å². The van der Waals surface area contributed by atoms with Crippen LogP contribution in [0.5, 0.6) is 0 Å². The minimum absolute atomic E-state index is 0.499. The molecule has 0 fully saturated rings. The molecule has 0 bridgehead atoms. The summed E-state index contributed by atoms with van der Waals surface area (Å²) in [6, 6.07) is 87.1. The van der Waals surface area contributed by atoms with E-state index in [0.717, 1.165) is 22.6 Å². The van der Waals surface area contributed by atoms with E-state index in [2.05, 4.69) is 246 Å². The third-order valence-electron chi connectivity index (χ3n) is 13.6. The summed E-state index contributed by atoms with van der Waals surface area (Å²) >= 11 is 0. The lowest BCUT2D eigenvalue weighted by molar-refractivity contribution is 0.768. The molecule has 0 saturated heterocycles. The lowest BCUT2D eigenvalue weighted by Crippen LogP contribution is -2.28. The average Bonchev–Trinajstić information content (AvgIpc) is 3.99. The topological polar surface area (TPSA) is 19.0 Å². The van der Waals surface area contributed by atoms with E-state index in [1.165, 1.54) is 94.2 Å². The van der Waals surface area contributed by atoms with Gasteiger partial charge in [0.15, 0.2) is 0 Å². The fraction of sp³-hybridized carbons (Fsp3) is 0.0164. The van der Waals surface area contributed by atoms with Gasteiger partial charge < -0.3 is 9.88 Å². The Morgan fingerprint density at radius 3 is 1.56 bits per heavy atom. The summed E-state index contributed by atoms with van der Waals surface area (Å²) in [6.45, 7) is 0. The third-order valence-corrected chi connectivity index (χ3v) is 13.6. The van der Waals surface area contributed by atoms with E-state index in [4.69, 9.17) is 0 Å². The number of aromatic nitrogens is 1. The summed E-state index contributed by atoms with van der Waals surface area (Å²) in [7, 11) is 0. The van der Waals surface area contributed by atoms with E-state index in [1.807, 2.05) is 0 Å². The molecule has 10 aromatic carbocycles. The number of nitrogens with one attached hydrogen (secondary N) is 1. The van der Waals surface area contributed by atoms with Crippen LogP contribution in [0.1, 0.15) is 22.3 Å². The van der Waals surface area contributed by atoms with Crippen LogP contribution in [-0.2, 0) is 5.41 Å². The molecule has 294 valence electrons. The largest absolute Gasteiger partial charge is 0.354 e. The second-order valence-corrected chi connectivity index (χ2v) is 16.9. The van der Waals surface area contributed by atoms with Crippen LogP contribution in [-0.4, -0.2) is 4.98 Å². The molecule has 0 atom stereocenters. The first-order chi connectivity index (χ1) is 31.2. The first kappa shape index (κ1) is 35.5. The van der Waals surface area contributed by atoms with Crippen molar-refractivity contribution in [2.24, 2.45) is 0 Å². The summed E-state index contributed by atoms with van der Waals surface area (Å²) in [5.74, 6) is 0. The number of anilines is 3. The Morgan fingerprint density at radius 2 is 0.873 bits per heavy atom. The van der Waals surface area contributed by atoms with E-state index in [1.54, 1.807) is 0 Å². The molecule has 0 saturated carbocycles. The number of aromatic amines is 1. The summed E-state index contributed by atoms with van der Waals surface area (Å²) in [5, 5.41) is 3.89. The monoisotopic (exact) mass is 800 g/mol. The SMILES string of the molecule is c1ccc(-c2ccc(N(c3ccc(-c4ccc5[nH]c6c(c5c4)-c4cccc5cccc-6c45)cc3)c3ccc4c(c3)C(c3ccccc3)(c3ccccc3)c3ccccc3-4)cc2)cc1. The normalized spacial score (nSPS) is 12.9. The summed E-state index contributed by atoms with van der Waals surface area (Å²) < 4.78 is 0. The van der Waals surface area contributed by atoms with E-state index in [9.17, 15) is 0 Å². The molecule has 0 amide bonds. The van der Waals surface area contributed by atoms with Gasteiger partial charge in [0.05, 0.1) is 11.1 Å². The van der Waals surface area contributed by atoms with E-state index < -0.39 is 5.41 Å². The number of hydrogen-bond donors (Lipinski definition) is 1. The smallest absolute Gasteiger partial charge is 0.0714 e. The van der Waals surface area contributed by atoms with Crippen molar-refractivity contribution in [1.29, 1.82) is 0 Å². The highest BCUT2D eigenvalue weighted by molar-refractivity contribution is 6.21. The van der Waals surface area contributed by atoms with Gasteiger partial charge in [-0.25, -0.2) is 0 Å². The zero-order valence-corrected chi connectivity index (χ0v) is 34.5. The number of nitrogens with zero attached hydrogens (tertiary/aromatic N) is 1. The Kier molecular flexibility index (Phi) is 7.85. The highest BCUT2D eigenvalue weighted by Crippen LogP contribution is 2.57. The number of H-pyrrole nitrogens is 1. The Hall–Kier alpha value is -8.20. The summed E-state index contributed by atoms with van der Waals surface area (Å²) in [4.78, 5) is 6.20. The van der Waals surface area contributed by atoms with Crippen LogP contribution in [0, 0.1) is 0 Å².